The van der Waals surface area contributed by atoms with Crippen molar-refractivity contribution in [2.75, 3.05) is 31.0 Å². The van der Waals surface area contributed by atoms with Crippen molar-refractivity contribution in [3.8, 4) is 0 Å². The van der Waals surface area contributed by atoms with E-state index in [1.807, 2.05) is 20.8 Å². The molecular weight excluding hydrogens is 313 g/mol. The molecule has 0 saturated carbocycles. The summed E-state index contributed by atoms with van der Waals surface area (Å²) in [6.45, 7) is 11.1. The Hall–Kier alpha value is 0.680. The standard InChI is InChI=1S/C13H28NO3PS2/c1-11(2)14-18(16-7-9-19-6)17-8-10-20-12(15)13(3,4)5/h11,14H,7-10H2,1-6H3. The van der Waals surface area contributed by atoms with Crippen LogP contribution in [-0.4, -0.2) is 42.1 Å². The third kappa shape index (κ3) is 11.4. The average molecular weight is 341 g/mol. The molecule has 0 heterocycles. The molecule has 1 unspecified atom stereocenters. The van der Waals surface area contributed by atoms with Gasteiger partial charge >= 0.3 is 0 Å². The number of thioether (sulfide) groups is 2. The van der Waals surface area contributed by atoms with Crippen molar-refractivity contribution in [1.82, 2.24) is 5.09 Å². The molecule has 0 radical (unpaired) electrons. The normalized spacial score (nSPS) is 13.8. The lowest BCUT2D eigenvalue weighted by molar-refractivity contribution is -0.117. The first-order valence-corrected chi connectivity index (χ1v) is 10.3. The fraction of sp³-hybridized carbons (Fsp3) is 0.923. The minimum absolute atomic E-state index is 0.200. The van der Waals surface area contributed by atoms with Gasteiger partial charge in [0.25, 0.3) is 8.53 Å². The van der Waals surface area contributed by atoms with E-state index in [-0.39, 0.29) is 10.5 Å². The highest BCUT2D eigenvalue weighted by Gasteiger charge is 2.21. The van der Waals surface area contributed by atoms with Gasteiger partial charge in [-0.3, -0.25) is 4.79 Å². The predicted molar refractivity (Wildman–Crippen MR) is 92.4 cm³/mol. The quantitative estimate of drug-likeness (QED) is 0.480. The van der Waals surface area contributed by atoms with E-state index >= 15 is 0 Å². The molecule has 0 spiro atoms. The van der Waals surface area contributed by atoms with Crippen LogP contribution >= 0.6 is 32.0 Å². The Morgan fingerprint density at radius 1 is 1.20 bits per heavy atom. The van der Waals surface area contributed by atoms with Crippen molar-refractivity contribution in [2.45, 2.75) is 40.7 Å². The van der Waals surface area contributed by atoms with Crippen LogP contribution in [0.3, 0.4) is 0 Å². The van der Waals surface area contributed by atoms with E-state index in [1.165, 1.54) is 11.8 Å². The number of hydrogen-bond acceptors (Lipinski definition) is 6. The summed E-state index contributed by atoms with van der Waals surface area (Å²) in [6.07, 6.45) is 2.05. The van der Waals surface area contributed by atoms with Crippen molar-refractivity contribution in [3.63, 3.8) is 0 Å². The first-order valence-electron chi connectivity index (χ1n) is 6.75. The largest absolute Gasteiger partial charge is 0.321 e. The number of hydrogen-bond donors (Lipinski definition) is 1. The van der Waals surface area contributed by atoms with Gasteiger partial charge in [0, 0.05) is 23.0 Å². The van der Waals surface area contributed by atoms with Crippen LogP contribution in [-0.2, 0) is 13.8 Å². The van der Waals surface area contributed by atoms with Crippen LogP contribution in [0.4, 0.5) is 0 Å². The third-order valence-electron chi connectivity index (χ3n) is 2.00. The summed E-state index contributed by atoms with van der Waals surface area (Å²) in [4.78, 5) is 11.8. The van der Waals surface area contributed by atoms with E-state index in [9.17, 15) is 4.79 Å². The molecule has 0 aliphatic rings. The molecule has 120 valence electrons. The summed E-state index contributed by atoms with van der Waals surface area (Å²) >= 11 is 3.08. The maximum Gasteiger partial charge on any atom is 0.256 e. The molecule has 0 aliphatic heterocycles. The van der Waals surface area contributed by atoms with Crippen LogP contribution < -0.4 is 5.09 Å². The highest BCUT2D eigenvalue weighted by Crippen LogP contribution is 2.34. The lowest BCUT2D eigenvalue weighted by Crippen LogP contribution is -2.21. The Morgan fingerprint density at radius 3 is 2.20 bits per heavy atom. The molecule has 4 nitrogen and oxygen atoms in total. The van der Waals surface area contributed by atoms with Crippen LogP contribution in [0.25, 0.3) is 0 Å². The van der Waals surface area contributed by atoms with Crippen molar-refractivity contribution in [1.29, 1.82) is 0 Å². The topological polar surface area (TPSA) is 47.6 Å². The summed E-state index contributed by atoms with van der Waals surface area (Å²) in [5.74, 6) is 1.62. The zero-order valence-corrected chi connectivity index (χ0v) is 15.9. The van der Waals surface area contributed by atoms with Gasteiger partial charge in [-0.25, -0.2) is 5.09 Å². The Bertz CT molecular complexity index is 273. The Morgan fingerprint density at radius 2 is 1.75 bits per heavy atom. The maximum absolute atomic E-state index is 11.8. The molecular formula is C13H28NO3PS2. The van der Waals surface area contributed by atoms with Gasteiger partial charge in [-0.2, -0.15) is 11.8 Å². The van der Waals surface area contributed by atoms with E-state index in [0.717, 1.165) is 5.75 Å². The highest BCUT2D eigenvalue weighted by molar-refractivity contribution is 8.13. The second-order valence-corrected chi connectivity index (χ2v) is 8.93. The minimum Gasteiger partial charge on any atom is -0.321 e. The van der Waals surface area contributed by atoms with Crippen LogP contribution in [0.1, 0.15) is 34.6 Å². The smallest absolute Gasteiger partial charge is 0.256 e. The Labute approximate surface area is 133 Å². The summed E-state index contributed by atoms with van der Waals surface area (Å²) < 4.78 is 11.4. The summed E-state index contributed by atoms with van der Waals surface area (Å²) in [7, 11) is -1.06. The van der Waals surface area contributed by atoms with E-state index in [1.54, 1.807) is 11.8 Å². The molecule has 20 heavy (non-hydrogen) atoms. The van der Waals surface area contributed by atoms with E-state index in [2.05, 4.69) is 25.2 Å². The van der Waals surface area contributed by atoms with Gasteiger partial charge in [-0.15, -0.1) is 0 Å². The molecule has 0 fully saturated rings. The third-order valence-corrected chi connectivity index (χ3v) is 5.38. The fourth-order valence-corrected chi connectivity index (χ4v) is 3.44. The van der Waals surface area contributed by atoms with E-state index in [4.69, 9.17) is 9.05 Å². The molecule has 0 aliphatic carbocycles. The van der Waals surface area contributed by atoms with E-state index in [0.29, 0.717) is 25.0 Å². The van der Waals surface area contributed by atoms with Gasteiger partial charge in [-0.1, -0.05) is 32.5 Å². The Kier molecular flexibility index (Phi) is 11.7. The molecule has 0 aromatic heterocycles. The summed E-state index contributed by atoms with van der Waals surface area (Å²) in [5.41, 5.74) is -0.291. The Balaban J connectivity index is 3.91. The zero-order chi connectivity index (χ0) is 15.6. The molecule has 0 saturated heterocycles. The van der Waals surface area contributed by atoms with Gasteiger partial charge in [-0.05, 0) is 20.1 Å². The second kappa shape index (κ2) is 11.3. The second-order valence-electron chi connectivity index (χ2n) is 5.59. The van der Waals surface area contributed by atoms with Crippen LogP contribution in [0.15, 0.2) is 0 Å². The van der Waals surface area contributed by atoms with Gasteiger partial charge in [0.05, 0.1) is 13.2 Å². The van der Waals surface area contributed by atoms with Gasteiger partial charge in [0.15, 0.2) is 5.12 Å². The lowest BCUT2D eigenvalue weighted by atomic mass is 10.00. The van der Waals surface area contributed by atoms with Gasteiger partial charge in [0.1, 0.15) is 0 Å². The molecule has 7 heteroatoms. The van der Waals surface area contributed by atoms with E-state index < -0.39 is 8.53 Å². The molecule has 1 atom stereocenters. The number of rotatable bonds is 10. The molecule has 1 N–H and O–H groups in total. The lowest BCUT2D eigenvalue weighted by Gasteiger charge is -2.20. The van der Waals surface area contributed by atoms with Gasteiger partial charge in [0.2, 0.25) is 0 Å². The van der Waals surface area contributed by atoms with Crippen LogP contribution in [0, 0.1) is 5.41 Å². The first kappa shape index (κ1) is 20.7. The summed E-state index contributed by atoms with van der Waals surface area (Å²) in [5, 5.41) is 3.47. The monoisotopic (exact) mass is 341 g/mol. The van der Waals surface area contributed by atoms with Crippen molar-refractivity contribution >= 4 is 37.2 Å². The van der Waals surface area contributed by atoms with Gasteiger partial charge < -0.3 is 9.05 Å². The van der Waals surface area contributed by atoms with Crippen LogP contribution in [0.2, 0.25) is 0 Å². The average Bonchev–Trinajstić information content (AvgIpc) is 2.32. The molecule has 0 amide bonds. The van der Waals surface area contributed by atoms with Crippen LogP contribution in [0.5, 0.6) is 0 Å². The number of carbonyl (C=O) groups excluding carboxylic acids is 1. The van der Waals surface area contributed by atoms with Crippen molar-refractivity contribution < 1.29 is 13.8 Å². The first-order chi connectivity index (χ1) is 9.27. The number of carbonyl (C=O) groups is 1. The molecule has 0 rings (SSSR count). The molecule has 0 bridgehead atoms. The SMILES string of the molecule is CSCCOP(NC(C)C)OCCSC(=O)C(C)(C)C. The fourth-order valence-electron chi connectivity index (χ4n) is 0.997. The molecule has 0 aromatic rings. The van der Waals surface area contributed by atoms with Crippen molar-refractivity contribution in [2.24, 2.45) is 5.41 Å². The highest BCUT2D eigenvalue weighted by atomic mass is 32.2. The molecule has 0 aromatic carbocycles. The van der Waals surface area contributed by atoms with Crippen molar-refractivity contribution in [3.05, 3.63) is 0 Å². The predicted octanol–water partition coefficient (Wildman–Crippen LogP) is 3.91. The number of nitrogens with one attached hydrogen (secondary N) is 1. The summed E-state index contributed by atoms with van der Waals surface area (Å²) in [6, 6.07) is 0.319. The zero-order valence-electron chi connectivity index (χ0n) is 13.4. The minimum atomic E-state index is -1.06. The maximum atomic E-state index is 11.8.